The third kappa shape index (κ3) is 3.60. The fourth-order valence-electron chi connectivity index (χ4n) is 1.76. The Hall–Kier alpha value is -1.29. The van der Waals surface area contributed by atoms with Crippen molar-refractivity contribution in [3.05, 3.63) is 28.4 Å². The number of nitrogens with zero attached hydrogens (tertiary/aromatic N) is 2. The van der Waals surface area contributed by atoms with Gasteiger partial charge >= 0.3 is 5.69 Å². The number of sulfonamides is 1. The number of hydrogen-bond donors (Lipinski definition) is 2. The Labute approximate surface area is 116 Å². The fourth-order valence-corrected chi connectivity index (χ4v) is 3.13. The van der Waals surface area contributed by atoms with E-state index in [4.69, 9.17) is 0 Å². The standard InChI is InChI=1S/C9H12N4O4S.ClH/c14-13(15)8-2-1-4-11-9(8)18(16,17)12-7-3-5-10-6-7;/h1-2,4,7,10,12H,3,5-6H2;1H. The van der Waals surface area contributed by atoms with Crippen LogP contribution in [0.5, 0.6) is 0 Å². The van der Waals surface area contributed by atoms with Crippen molar-refractivity contribution in [3.63, 3.8) is 0 Å². The highest BCUT2D eigenvalue weighted by atomic mass is 35.5. The minimum atomic E-state index is -3.96. The summed E-state index contributed by atoms with van der Waals surface area (Å²) in [6.45, 7) is 1.23. The lowest BCUT2D eigenvalue weighted by molar-refractivity contribution is -0.388. The summed E-state index contributed by atoms with van der Waals surface area (Å²) in [5, 5.41) is 13.2. The molecule has 1 aliphatic heterocycles. The molecule has 1 atom stereocenters. The summed E-state index contributed by atoms with van der Waals surface area (Å²) in [5.41, 5.74) is -0.518. The summed E-state index contributed by atoms with van der Waals surface area (Å²) in [5.74, 6) is 0. The first-order chi connectivity index (χ1) is 8.50. The topological polar surface area (TPSA) is 114 Å². The van der Waals surface area contributed by atoms with Gasteiger partial charge in [0.15, 0.2) is 0 Å². The first-order valence-corrected chi connectivity index (χ1v) is 6.81. The minimum Gasteiger partial charge on any atom is -0.315 e. The van der Waals surface area contributed by atoms with Crippen LogP contribution in [0.2, 0.25) is 0 Å². The van der Waals surface area contributed by atoms with Crippen molar-refractivity contribution in [2.24, 2.45) is 0 Å². The van der Waals surface area contributed by atoms with Gasteiger partial charge in [0.25, 0.3) is 10.0 Å². The predicted molar refractivity (Wildman–Crippen MR) is 69.7 cm³/mol. The molecule has 2 rings (SSSR count). The minimum absolute atomic E-state index is 0. The highest BCUT2D eigenvalue weighted by molar-refractivity contribution is 7.89. The number of nitro groups is 1. The smallest absolute Gasteiger partial charge is 0.308 e. The normalized spacial score (nSPS) is 18.8. The molecule has 1 saturated heterocycles. The van der Waals surface area contributed by atoms with Crippen LogP contribution in [0.3, 0.4) is 0 Å². The van der Waals surface area contributed by atoms with Crippen LogP contribution < -0.4 is 10.0 Å². The maximum Gasteiger partial charge on any atom is 0.308 e. The van der Waals surface area contributed by atoms with Gasteiger partial charge in [-0.05, 0) is 19.0 Å². The quantitative estimate of drug-likeness (QED) is 0.600. The van der Waals surface area contributed by atoms with Gasteiger partial charge in [-0.3, -0.25) is 10.1 Å². The van der Waals surface area contributed by atoms with Crippen molar-refractivity contribution in [1.29, 1.82) is 0 Å². The lowest BCUT2D eigenvalue weighted by atomic mass is 10.3. The zero-order chi connectivity index (χ0) is 13.2. The Bertz CT molecular complexity index is 559. The molecule has 10 heteroatoms. The molecule has 1 fully saturated rings. The van der Waals surface area contributed by atoms with Crippen LogP contribution in [0, 0.1) is 10.1 Å². The summed E-state index contributed by atoms with van der Waals surface area (Å²) in [7, 11) is -3.96. The lowest BCUT2D eigenvalue weighted by Gasteiger charge is -2.11. The highest BCUT2D eigenvalue weighted by Crippen LogP contribution is 2.20. The Balaban J connectivity index is 0.00000180. The van der Waals surface area contributed by atoms with E-state index in [1.807, 2.05) is 0 Å². The molecule has 1 unspecified atom stereocenters. The van der Waals surface area contributed by atoms with E-state index in [0.717, 1.165) is 12.6 Å². The summed E-state index contributed by atoms with van der Waals surface area (Å²) in [4.78, 5) is 13.6. The molecule has 0 saturated carbocycles. The zero-order valence-corrected chi connectivity index (χ0v) is 11.4. The van der Waals surface area contributed by atoms with Crippen molar-refractivity contribution < 1.29 is 13.3 Å². The maximum atomic E-state index is 12.0. The van der Waals surface area contributed by atoms with E-state index in [0.29, 0.717) is 13.0 Å². The molecule has 0 spiro atoms. The van der Waals surface area contributed by atoms with E-state index >= 15 is 0 Å². The average molecular weight is 309 g/mol. The number of hydrogen-bond acceptors (Lipinski definition) is 6. The van der Waals surface area contributed by atoms with Crippen LogP contribution in [0.4, 0.5) is 5.69 Å². The lowest BCUT2D eigenvalue weighted by Crippen LogP contribution is -2.36. The van der Waals surface area contributed by atoms with Crippen molar-refractivity contribution in [2.45, 2.75) is 17.5 Å². The van der Waals surface area contributed by atoms with Gasteiger partial charge in [-0.1, -0.05) is 0 Å². The Morgan fingerprint density at radius 1 is 1.53 bits per heavy atom. The molecule has 0 bridgehead atoms. The maximum absolute atomic E-state index is 12.0. The Kier molecular flexibility index (Phi) is 5.18. The molecule has 2 N–H and O–H groups in total. The summed E-state index contributed by atoms with van der Waals surface area (Å²) < 4.78 is 26.4. The van der Waals surface area contributed by atoms with Crippen molar-refractivity contribution in [1.82, 2.24) is 15.0 Å². The van der Waals surface area contributed by atoms with E-state index < -0.39 is 25.7 Å². The monoisotopic (exact) mass is 308 g/mol. The SMILES string of the molecule is Cl.O=[N+]([O-])c1cccnc1S(=O)(=O)NC1CCNC1. The van der Waals surface area contributed by atoms with Gasteiger partial charge in [0.05, 0.1) is 4.92 Å². The molecule has 106 valence electrons. The second-order valence-electron chi connectivity index (χ2n) is 3.90. The van der Waals surface area contributed by atoms with Crippen LogP contribution in [0.15, 0.2) is 23.4 Å². The third-order valence-corrected chi connectivity index (χ3v) is 4.05. The van der Waals surface area contributed by atoms with Crippen LogP contribution in [0.1, 0.15) is 6.42 Å². The zero-order valence-electron chi connectivity index (χ0n) is 9.77. The molecule has 1 aromatic heterocycles. The van der Waals surface area contributed by atoms with Crippen LogP contribution in [-0.2, 0) is 10.0 Å². The first-order valence-electron chi connectivity index (χ1n) is 5.33. The Morgan fingerprint density at radius 2 is 2.26 bits per heavy atom. The molecule has 0 aromatic carbocycles. The van der Waals surface area contributed by atoms with Crippen molar-refractivity contribution in [3.8, 4) is 0 Å². The number of pyridine rings is 1. The van der Waals surface area contributed by atoms with Crippen LogP contribution >= 0.6 is 12.4 Å². The largest absolute Gasteiger partial charge is 0.315 e. The van der Waals surface area contributed by atoms with Gasteiger partial charge in [0.1, 0.15) is 0 Å². The van der Waals surface area contributed by atoms with E-state index in [-0.39, 0.29) is 18.4 Å². The van der Waals surface area contributed by atoms with Crippen LogP contribution in [-0.4, -0.2) is 37.5 Å². The molecule has 2 heterocycles. The van der Waals surface area contributed by atoms with Gasteiger partial charge in [-0.2, -0.15) is 0 Å². The van der Waals surface area contributed by atoms with Crippen LogP contribution in [0.25, 0.3) is 0 Å². The summed E-state index contributed by atoms with van der Waals surface area (Å²) in [6.07, 6.45) is 1.87. The second-order valence-corrected chi connectivity index (χ2v) is 5.53. The molecular formula is C9H13ClN4O4S. The number of aromatic nitrogens is 1. The number of nitrogens with one attached hydrogen (secondary N) is 2. The molecule has 0 aliphatic carbocycles. The van der Waals surface area contributed by atoms with Crippen molar-refractivity contribution in [2.75, 3.05) is 13.1 Å². The first kappa shape index (κ1) is 15.8. The van der Waals surface area contributed by atoms with E-state index in [2.05, 4.69) is 15.0 Å². The molecule has 0 amide bonds. The predicted octanol–water partition coefficient (Wildman–Crippen LogP) is 0.0518. The van der Waals surface area contributed by atoms with Gasteiger partial charge in [-0.25, -0.2) is 18.1 Å². The molecule has 1 aromatic rings. The second kappa shape index (κ2) is 6.24. The molecule has 1 aliphatic rings. The highest BCUT2D eigenvalue weighted by Gasteiger charge is 2.30. The van der Waals surface area contributed by atoms with E-state index in [1.54, 1.807) is 0 Å². The molecule has 8 nitrogen and oxygen atoms in total. The molecule has 0 radical (unpaired) electrons. The Morgan fingerprint density at radius 3 is 2.84 bits per heavy atom. The van der Waals surface area contributed by atoms with Gasteiger partial charge in [-0.15, -0.1) is 12.4 Å². The van der Waals surface area contributed by atoms with E-state index in [9.17, 15) is 18.5 Å². The molecule has 19 heavy (non-hydrogen) atoms. The summed E-state index contributed by atoms with van der Waals surface area (Å²) >= 11 is 0. The number of halogens is 1. The summed E-state index contributed by atoms with van der Waals surface area (Å²) in [6, 6.07) is 2.19. The number of rotatable bonds is 4. The van der Waals surface area contributed by atoms with Gasteiger partial charge in [0, 0.05) is 24.8 Å². The third-order valence-electron chi connectivity index (χ3n) is 2.58. The van der Waals surface area contributed by atoms with Gasteiger partial charge < -0.3 is 5.32 Å². The van der Waals surface area contributed by atoms with Gasteiger partial charge in [0.2, 0.25) is 5.03 Å². The van der Waals surface area contributed by atoms with E-state index in [1.165, 1.54) is 12.3 Å². The average Bonchev–Trinajstić information content (AvgIpc) is 2.81. The molecular weight excluding hydrogens is 296 g/mol. The fraction of sp³-hybridized carbons (Fsp3) is 0.444. The van der Waals surface area contributed by atoms with Crippen molar-refractivity contribution >= 4 is 28.1 Å².